The van der Waals surface area contributed by atoms with Gasteiger partial charge in [0.25, 0.3) is 5.91 Å². The van der Waals surface area contributed by atoms with E-state index in [4.69, 9.17) is 0 Å². The molecule has 2 rings (SSSR count). The van der Waals surface area contributed by atoms with Crippen LogP contribution in [0.5, 0.6) is 0 Å². The lowest BCUT2D eigenvalue weighted by molar-refractivity contribution is 0.0936. The summed E-state index contributed by atoms with van der Waals surface area (Å²) < 4.78 is 0.850. The summed E-state index contributed by atoms with van der Waals surface area (Å²) in [6.45, 7) is 3.02. The van der Waals surface area contributed by atoms with Gasteiger partial charge in [-0.1, -0.05) is 12.1 Å². The molecule has 0 spiro atoms. The number of amides is 1. The van der Waals surface area contributed by atoms with Crippen LogP contribution in [0.25, 0.3) is 0 Å². The zero-order valence-corrected chi connectivity index (χ0v) is 12.2. The van der Waals surface area contributed by atoms with Crippen LogP contribution in [-0.2, 0) is 0 Å². The summed E-state index contributed by atoms with van der Waals surface area (Å²) >= 11 is 3.40. The van der Waals surface area contributed by atoms with E-state index in [2.05, 4.69) is 33.2 Å². The van der Waals surface area contributed by atoms with Crippen molar-refractivity contribution in [2.24, 2.45) is 5.92 Å². The van der Waals surface area contributed by atoms with Gasteiger partial charge < -0.3 is 10.2 Å². The van der Waals surface area contributed by atoms with Crippen molar-refractivity contribution in [1.82, 2.24) is 10.2 Å². The Morgan fingerprint density at radius 1 is 1.50 bits per heavy atom. The third-order valence-electron chi connectivity index (χ3n) is 3.39. The predicted molar refractivity (Wildman–Crippen MR) is 76.7 cm³/mol. The van der Waals surface area contributed by atoms with E-state index in [9.17, 15) is 4.79 Å². The van der Waals surface area contributed by atoms with Gasteiger partial charge in [-0.3, -0.25) is 4.79 Å². The van der Waals surface area contributed by atoms with Crippen molar-refractivity contribution < 1.29 is 4.79 Å². The normalized spacial score (nSPS) is 20.7. The highest BCUT2D eigenvalue weighted by Gasteiger charge is 2.18. The van der Waals surface area contributed by atoms with Gasteiger partial charge in [0.1, 0.15) is 0 Å². The summed E-state index contributed by atoms with van der Waals surface area (Å²) in [6.07, 6.45) is 2.44. The molecular weight excluding hydrogens is 292 g/mol. The van der Waals surface area contributed by atoms with Gasteiger partial charge in [-0.05, 0) is 60.4 Å². The third kappa shape index (κ3) is 3.56. The first-order valence-corrected chi connectivity index (χ1v) is 7.17. The number of nitrogens with zero attached hydrogens (tertiary/aromatic N) is 1. The highest BCUT2D eigenvalue weighted by molar-refractivity contribution is 9.10. The number of hydrogen-bond acceptors (Lipinski definition) is 2. The van der Waals surface area contributed by atoms with E-state index in [0.717, 1.165) is 17.6 Å². The zero-order valence-electron chi connectivity index (χ0n) is 10.7. The number of hydrogen-bond donors (Lipinski definition) is 1. The first kappa shape index (κ1) is 13.6. The van der Waals surface area contributed by atoms with E-state index >= 15 is 0 Å². The first-order valence-electron chi connectivity index (χ1n) is 6.38. The molecule has 1 aromatic carbocycles. The maximum Gasteiger partial charge on any atom is 0.252 e. The molecule has 0 aromatic heterocycles. The van der Waals surface area contributed by atoms with Crippen molar-refractivity contribution >= 4 is 21.8 Å². The second-order valence-corrected chi connectivity index (χ2v) is 5.81. The lowest BCUT2D eigenvalue weighted by atomic mass is 9.98. The number of nitrogens with one attached hydrogen (secondary N) is 1. The lowest BCUT2D eigenvalue weighted by Gasteiger charge is -2.29. The van der Waals surface area contributed by atoms with Gasteiger partial charge in [-0.15, -0.1) is 0 Å². The molecule has 1 atom stereocenters. The van der Waals surface area contributed by atoms with Crippen molar-refractivity contribution in [3.05, 3.63) is 34.3 Å². The Balaban J connectivity index is 1.87. The molecular formula is C14H19BrN2O. The Morgan fingerprint density at radius 2 is 2.28 bits per heavy atom. The van der Waals surface area contributed by atoms with Crippen LogP contribution in [0, 0.1) is 5.92 Å². The molecule has 98 valence electrons. The Kier molecular flexibility index (Phi) is 4.78. The lowest BCUT2D eigenvalue weighted by Crippen LogP contribution is -2.39. The second-order valence-electron chi connectivity index (χ2n) is 4.96. The summed E-state index contributed by atoms with van der Waals surface area (Å²) in [6, 6.07) is 7.53. The van der Waals surface area contributed by atoms with Crippen LogP contribution in [0.15, 0.2) is 28.7 Å². The Hall–Kier alpha value is -0.870. The standard InChI is InChI=1S/C14H19BrN2O/c1-17-8-4-5-11(10-17)9-16-14(18)12-6-2-3-7-13(12)15/h2-3,6-7,11H,4-5,8-10H2,1H3,(H,16,18). The summed E-state index contributed by atoms with van der Waals surface area (Å²) in [5.74, 6) is 0.589. The van der Waals surface area contributed by atoms with Gasteiger partial charge in [0.2, 0.25) is 0 Å². The van der Waals surface area contributed by atoms with E-state index in [1.165, 1.54) is 19.4 Å². The average molecular weight is 311 g/mol. The van der Waals surface area contributed by atoms with Crippen molar-refractivity contribution in [2.75, 3.05) is 26.7 Å². The topological polar surface area (TPSA) is 32.3 Å². The molecule has 1 aromatic rings. The molecule has 1 fully saturated rings. The van der Waals surface area contributed by atoms with Crippen LogP contribution in [0.2, 0.25) is 0 Å². The van der Waals surface area contributed by atoms with E-state index in [-0.39, 0.29) is 5.91 Å². The molecule has 1 heterocycles. The molecule has 3 nitrogen and oxygen atoms in total. The second kappa shape index (κ2) is 6.34. The van der Waals surface area contributed by atoms with Gasteiger partial charge in [-0.25, -0.2) is 0 Å². The minimum absolute atomic E-state index is 0.00991. The van der Waals surface area contributed by atoms with E-state index in [0.29, 0.717) is 11.5 Å². The van der Waals surface area contributed by atoms with Gasteiger partial charge in [0.15, 0.2) is 0 Å². The molecule has 1 unspecified atom stereocenters. The highest BCUT2D eigenvalue weighted by atomic mass is 79.9. The highest BCUT2D eigenvalue weighted by Crippen LogP contribution is 2.17. The number of carbonyl (C=O) groups is 1. The van der Waals surface area contributed by atoms with E-state index in [1.54, 1.807) is 0 Å². The first-order chi connectivity index (χ1) is 8.66. The molecule has 0 saturated carbocycles. The van der Waals surface area contributed by atoms with Crippen molar-refractivity contribution in [1.29, 1.82) is 0 Å². The number of rotatable bonds is 3. The van der Waals surface area contributed by atoms with Crippen molar-refractivity contribution in [3.8, 4) is 0 Å². The Morgan fingerprint density at radius 3 is 3.00 bits per heavy atom. The van der Waals surface area contributed by atoms with Crippen LogP contribution in [0.1, 0.15) is 23.2 Å². The number of carbonyl (C=O) groups excluding carboxylic acids is 1. The van der Waals surface area contributed by atoms with E-state index < -0.39 is 0 Å². The summed E-state index contributed by atoms with van der Waals surface area (Å²) in [7, 11) is 2.14. The minimum atomic E-state index is 0.00991. The molecule has 0 bridgehead atoms. The summed E-state index contributed by atoms with van der Waals surface area (Å²) in [5, 5.41) is 3.03. The largest absolute Gasteiger partial charge is 0.352 e. The third-order valence-corrected chi connectivity index (χ3v) is 4.08. The molecule has 0 radical (unpaired) electrons. The number of halogens is 1. The summed E-state index contributed by atoms with van der Waals surface area (Å²) in [4.78, 5) is 14.4. The smallest absolute Gasteiger partial charge is 0.252 e. The van der Waals surface area contributed by atoms with Crippen LogP contribution < -0.4 is 5.32 Å². The van der Waals surface area contributed by atoms with Crippen LogP contribution >= 0.6 is 15.9 Å². The fraction of sp³-hybridized carbons (Fsp3) is 0.500. The Bertz CT molecular complexity index is 422. The number of piperidine rings is 1. The summed E-state index contributed by atoms with van der Waals surface area (Å²) in [5.41, 5.74) is 0.710. The van der Waals surface area contributed by atoms with Crippen molar-refractivity contribution in [2.45, 2.75) is 12.8 Å². The Labute approximate surface area is 117 Å². The molecule has 1 amide bonds. The van der Waals surface area contributed by atoms with Gasteiger partial charge >= 0.3 is 0 Å². The molecule has 1 aliphatic rings. The van der Waals surface area contributed by atoms with E-state index in [1.807, 2.05) is 24.3 Å². The minimum Gasteiger partial charge on any atom is -0.352 e. The average Bonchev–Trinajstić information content (AvgIpc) is 2.37. The number of likely N-dealkylation sites (tertiary alicyclic amines) is 1. The van der Waals surface area contributed by atoms with Gasteiger partial charge in [0.05, 0.1) is 5.56 Å². The maximum atomic E-state index is 12.0. The molecule has 1 saturated heterocycles. The predicted octanol–water partition coefficient (Wildman–Crippen LogP) is 2.52. The SMILES string of the molecule is CN1CCCC(CNC(=O)c2ccccc2Br)C1. The van der Waals surface area contributed by atoms with Crippen LogP contribution in [0.4, 0.5) is 0 Å². The molecule has 0 aliphatic carbocycles. The quantitative estimate of drug-likeness (QED) is 0.930. The van der Waals surface area contributed by atoms with Crippen molar-refractivity contribution in [3.63, 3.8) is 0 Å². The maximum absolute atomic E-state index is 12.0. The van der Waals surface area contributed by atoms with Crippen LogP contribution in [0.3, 0.4) is 0 Å². The van der Waals surface area contributed by atoms with Crippen LogP contribution in [-0.4, -0.2) is 37.5 Å². The zero-order chi connectivity index (χ0) is 13.0. The molecule has 18 heavy (non-hydrogen) atoms. The molecule has 1 aliphatic heterocycles. The molecule has 1 N–H and O–H groups in total. The number of benzene rings is 1. The van der Waals surface area contributed by atoms with Gasteiger partial charge in [0, 0.05) is 17.6 Å². The molecule has 4 heteroatoms. The van der Waals surface area contributed by atoms with Gasteiger partial charge in [-0.2, -0.15) is 0 Å². The fourth-order valence-corrected chi connectivity index (χ4v) is 2.88. The fourth-order valence-electron chi connectivity index (χ4n) is 2.42. The monoisotopic (exact) mass is 310 g/mol.